The normalized spacial score (nSPS) is 10.2. The molecule has 7 heteroatoms. The summed E-state index contributed by atoms with van der Waals surface area (Å²) in [5.41, 5.74) is 0.651. The first kappa shape index (κ1) is 19.0. The van der Waals surface area contributed by atoms with Gasteiger partial charge in [0, 0.05) is 13.1 Å². The maximum Gasteiger partial charge on any atom is 0.412 e. The Morgan fingerprint density at radius 3 is 2.21 bits per heavy atom. The Kier molecular flexibility index (Phi) is 5.64. The molecule has 0 atom stereocenters. The zero-order valence-electron chi connectivity index (χ0n) is 15.7. The highest BCUT2D eigenvalue weighted by molar-refractivity contribution is 6.09. The van der Waals surface area contributed by atoms with Crippen LogP contribution in [0.2, 0.25) is 0 Å². The Morgan fingerprint density at radius 2 is 1.57 bits per heavy atom. The summed E-state index contributed by atoms with van der Waals surface area (Å²) in [6.45, 7) is 0. The van der Waals surface area contributed by atoms with Crippen LogP contribution in [0, 0.1) is 0 Å². The lowest BCUT2D eigenvalue weighted by atomic mass is 10.1. The molecule has 0 spiro atoms. The molecule has 0 saturated carbocycles. The van der Waals surface area contributed by atoms with Gasteiger partial charge >= 0.3 is 6.09 Å². The van der Waals surface area contributed by atoms with Gasteiger partial charge < -0.3 is 24.8 Å². The van der Waals surface area contributed by atoms with E-state index in [9.17, 15) is 9.59 Å². The quantitative estimate of drug-likeness (QED) is 0.703. The van der Waals surface area contributed by atoms with Crippen LogP contribution in [0.25, 0.3) is 10.8 Å². The highest BCUT2D eigenvalue weighted by Gasteiger charge is 2.18. The number of benzene rings is 3. The first-order valence-electron chi connectivity index (χ1n) is 8.51. The van der Waals surface area contributed by atoms with Gasteiger partial charge in [0.2, 0.25) is 0 Å². The van der Waals surface area contributed by atoms with Crippen molar-refractivity contribution in [1.29, 1.82) is 0 Å². The van der Waals surface area contributed by atoms with E-state index in [1.807, 2.05) is 24.3 Å². The molecule has 3 rings (SSSR count). The molecule has 7 nitrogen and oxygen atoms in total. The molecule has 0 saturated heterocycles. The predicted molar refractivity (Wildman–Crippen MR) is 107 cm³/mol. The molecule has 0 radical (unpaired) electrons. The minimum Gasteiger partial charge on any atom is -0.497 e. The third kappa shape index (κ3) is 3.98. The largest absolute Gasteiger partial charge is 0.497 e. The lowest BCUT2D eigenvalue weighted by Crippen LogP contribution is -2.24. The zero-order valence-corrected chi connectivity index (χ0v) is 15.7. The van der Waals surface area contributed by atoms with E-state index in [-0.39, 0.29) is 11.3 Å². The number of fused-ring (bicyclic) bond motifs is 1. The predicted octanol–water partition coefficient (Wildman–Crippen LogP) is 3.83. The Bertz CT molecular complexity index is 1030. The van der Waals surface area contributed by atoms with Crippen molar-refractivity contribution in [3.05, 3.63) is 60.2 Å². The van der Waals surface area contributed by atoms with Crippen LogP contribution in [-0.4, -0.2) is 33.3 Å². The fraction of sp³-hybridized carbons (Fsp3) is 0.143. The second kappa shape index (κ2) is 8.30. The SMILES string of the molecule is CNC(=O)Oc1cc2ccccc2cc1C(=O)Nc1cc(OC)ccc1OC. The number of hydrogen-bond acceptors (Lipinski definition) is 5. The van der Waals surface area contributed by atoms with Crippen molar-refractivity contribution < 1.29 is 23.8 Å². The van der Waals surface area contributed by atoms with Crippen LogP contribution < -0.4 is 24.8 Å². The summed E-state index contributed by atoms with van der Waals surface area (Å²) in [6.07, 6.45) is -0.664. The fourth-order valence-electron chi connectivity index (χ4n) is 2.73. The number of carbonyl (C=O) groups is 2. The highest BCUT2D eigenvalue weighted by Crippen LogP contribution is 2.31. The zero-order chi connectivity index (χ0) is 20.1. The average molecular weight is 380 g/mol. The third-order valence-electron chi connectivity index (χ3n) is 4.15. The lowest BCUT2D eigenvalue weighted by Gasteiger charge is -2.14. The van der Waals surface area contributed by atoms with Crippen LogP contribution in [0.3, 0.4) is 0 Å². The second-order valence-electron chi connectivity index (χ2n) is 5.86. The van der Waals surface area contributed by atoms with E-state index in [4.69, 9.17) is 14.2 Å². The van der Waals surface area contributed by atoms with E-state index in [1.165, 1.54) is 21.3 Å². The van der Waals surface area contributed by atoms with Crippen molar-refractivity contribution in [2.75, 3.05) is 26.6 Å². The monoisotopic (exact) mass is 380 g/mol. The van der Waals surface area contributed by atoms with Gasteiger partial charge in [-0.2, -0.15) is 0 Å². The van der Waals surface area contributed by atoms with Crippen LogP contribution in [0.4, 0.5) is 10.5 Å². The number of carbonyl (C=O) groups excluding carboxylic acids is 2. The molecule has 2 N–H and O–H groups in total. The van der Waals surface area contributed by atoms with Gasteiger partial charge in [-0.05, 0) is 35.0 Å². The van der Waals surface area contributed by atoms with Crippen molar-refractivity contribution in [3.8, 4) is 17.2 Å². The summed E-state index contributed by atoms with van der Waals surface area (Å²) in [5.74, 6) is 0.744. The molecule has 0 aliphatic rings. The molecule has 0 fully saturated rings. The van der Waals surface area contributed by atoms with E-state index in [0.29, 0.717) is 17.2 Å². The van der Waals surface area contributed by atoms with E-state index in [1.54, 1.807) is 30.3 Å². The molecule has 0 heterocycles. The van der Waals surface area contributed by atoms with E-state index >= 15 is 0 Å². The Hall–Kier alpha value is -3.74. The minimum absolute atomic E-state index is 0.150. The summed E-state index contributed by atoms with van der Waals surface area (Å²) in [7, 11) is 4.49. The van der Waals surface area contributed by atoms with E-state index in [0.717, 1.165) is 10.8 Å². The van der Waals surface area contributed by atoms with Gasteiger partial charge in [-0.25, -0.2) is 4.79 Å². The van der Waals surface area contributed by atoms with Gasteiger partial charge in [-0.1, -0.05) is 24.3 Å². The van der Waals surface area contributed by atoms with Gasteiger partial charge in [0.1, 0.15) is 17.2 Å². The number of anilines is 1. The van der Waals surface area contributed by atoms with Crippen molar-refractivity contribution in [2.45, 2.75) is 0 Å². The smallest absolute Gasteiger partial charge is 0.412 e. The third-order valence-corrected chi connectivity index (χ3v) is 4.15. The number of amides is 2. The minimum atomic E-state index is -0.664. The summed E-state index contributed by atoms with van der Waals surface area (Å²) >= 11 is 0. The lowest BCUT2D eigenvalue weighted by molar-refractivity contribution is 0.102. The summed E-state index contributed by atoms with van der Waals surface area (Å²) in [6, 6.07) is 15.9. The molecule has 0 aromatic heterocycles. The molecular weight excluding hydrogens is 360 g/mol. The molecular formula is C21H20N2O5. The van der Waals surface area contributed by atoms with Crippen LogP contribution in [0.5, 0.6) is 17.2 Å². The molecule has 3 aromatic carbocycles. The first-order valence-corrected chi connectivity index (χ1v) is 8.51. The second-order valence-corrected chi connectivity index (χ2v) is 5.86. The number of hydrogen-bond donors (Lipinski definition) is 2. The van der Waals surface area contributed by atoms with Crippen molar-refractivity contribution in [2.24, 2.45) is 0 Å². The maximum absolute atomic E-state index is 13.0. The highest BCUT2D eigenvalue weighted by atomic mass is 16.6. The summed E-state index contributed by atoms with van der Waals surface area (Å²) in [5, 5.41) is 6.86. The van der Waals surface area contributed by atoms with Crippen LogP contribution in [0.15, 0.2) is 54.6 Å². The number of methoxy groups -OCH3 is 2. The summed E-state index contributed by atoms with van der Waals surface area (Å²) in [4.78, 5) is 24.7. The van der Waals surface area contributed by atoms with Gasteiger partial charge in [0.15, 0.2) is 0 Å². The Morgan fingerprint density at radius 1 is 0.857 bits per heavy atom. The molecule has 3 aromatic rings. The van der Waals surface area contributed by atoms with Crippen molar-refractivity contribution in [3.63, 3.8) is 0 Å². The van der Waals surface area contributed by atoms with Gasteiger partial charge in [-0.3, -0.25) is 4.79 Å². The van der Waals surface area contributed by atoms with Gasteiger partial charge in [-0.15, -0.1) is 0 Å². The van der Waals surface area contributed by atoms with Crippen molar-refractivity contribution >= 4 is 28.5 Å². The Labute approximate surface area is 162 Å². The molecule has 0 aliphatic heterocycles. The fourth-order valence-corrected chi connectivity index (χ4v) is 2.73. The van der Waals surface area contributed by atoms with Crippen molar-refractivity contribution in [1.82, 2.24) is 5.32 Å². The number of rotatable bonds is 5. The average Bonchev–Trinajstić information content (AvgIpc) is 2.72. The topological polar surface area (TPSA) is 85.9 Å². The Balaban J connectivity index is 2.02. The van der Waals surface area contributed by atoms with E-state index in [2.05, 4.69) is 10.6 Å². The number of ether oxygens (including phenoxy) is 3. The van der Waals surface area contributed by atoms with Gasteiger partial charge in [0.25, 0.3) is 5.91 Å². The summed E-state index contributed by atoms with van der Waals surface area (Å²) < 4.78 is 15.8. The molecule has 2 amide bonds. The first-order chi connectivity index (χ1) is 13.5. The molecule has 144 valence electrons. The molecule has 28 heavy (non-hydrogen) atoms. The van der Waals surface area contributed by atoms with Crippen LogP contribution in [0.1, 0.15) is 10.4 Å². The van der Waals surface area contributed by atoms with Crippen LogP contribution in [-0.2, 0) is 0 Å². The molecule has 0 aliphatic carbocycles. The van der Waals surface area contributed by atoms with Gasteiger partial charge in [0.05, 0.1) is 25.5 Å². The van der Waals surface area contributed by atoms with Crippen LogP contribution >= 0.6 is 0 Å². The van der Waals surface area contributed by atoms with E-state index < -0.39 is 12.0 Å². The number of nitrogens with one attached hydrogen (secondary N) is 2. The molecule has 0 bridgehead atoms. The molecule has 0 unspecified atom stereocenters. The standard InChI is InChI=1S/C21H20N2O5/c1-22-21(25)28-19-11-14-7-5-4-6-13(14)10-16(19)20(24)23-17-12-15(26-2)8-9-18(17)27-3/h4-12H,1-3H3,(H,22,25)(H,23,24). The maximum atomic E-state index is 13.0.